The van der Waals surface area contributed by atoms with E-state index >= 15 is 0 Å². The van der Waals surface area contributed by atoms with Crippen molar-refractivity contribution in [3.05, 3.63) is 83.0 Å². The Morgan fingerprint density at radius 3 is 2.42 bits per heavy atom. The summed E-state index contributed by atoms with van der Waals surface area (Å²) in [4.78, 5) is 16.0. The van der Waals surface area contributed by atoms with Gasteiger partial charge in [-0.2, -0.15) is 5.10 Å². The molecule has 0 radical (unpaired) electrons. The molecule has 0 aliphatic carbocycles. The van der Waals surface area contributed by atoms with E-state index in [1.165, 1.54) is 5.56 Å². The van der Waals surface area contributed by atoms with E-state index in [2.05, 4.69) is 39.4 Å². The highest BCUT2D eigenvalue weighted by Crippen LogP contribution is 2.35. The maximum Gasteiger partial charge on any atom is 0.256 e. The van der Waals surface area contributed by atoms with Crippen LogP contribution < -0.4 is 17.0 Å². The molecule has 0 saturated carbocycles. The van der Waals surface area contributed by atoms with Crippen LogP contribution in [-0.2, 0) is 6.42 Å². The van der Waals surface area contributed by atoms with E-state index in [0.717, 1.165) is 51.3 Å². The summed E-state index contributed by atoms with van der Waals surface area (Å²) in [7, 11) is 0. The smallest absolute Gasteiger partial charge is 0.256 e. The predicted molar refractivity (Wildman–Crippen MR) is 127 cm³/mol. The first-order chi connectivity index (χ1) is 15.2. The zero-order valence-electron chi connectivity index (χ0n) is 17.0. The highest BCUT2D eigenvalue weighted by Gasteiger charge is 2.15. The number of aromatic nitrogens is 3. The molecule has 3 aromatic carbocycles. The van der Waals surface area contributed by atoms with Gasteiger partial charge in [-0.3, -0.25) is 9.89 Å². The second kappa shape index (κ2) is 7.74. The van der Waals surface area contributed by atoms with Gasteiger partial charge in [-0.05, 0) is 76.5 Å². The second-order valence-corrected chi connectivity index (χ2v) is 7.75. The van der Waals surface area contributed by atoms with Gasteiger partial charge in [0.1, 0.15) is 0 Å². The minimum absolute atomic E-state index is 0.103. The molecular formula is C25H23N5O. The van der Waals surface area contributed by atoms with Crippen LogP contribution in [0.3, 0.4) is 0 Å². The van der Waals surface area contributed by atoms with Crippen molar-refractivity contribution in [3.63, 3.8) is 0 Å². The van der Waals surface area contributed by atoms with Crippen molar-refractivity contribution < 1.29 is 0 Å². The Hall–Kier alpha value is -3.90. The lowest BCUT2D eigenvalue weighted by Crippen LogP contribution is -2.08. The molecule has 0 spiro atoms. The summed E-state index contributed by atoms with van der Waals surface area (Å²) in [6, 6.07) is 16.1. The van der Waals surface area contributed by atoms with Gasteiger partial charge in [-0.25, -0.2) is 0 Å². The van der Waals surface area contributed by atoms with E-state index < -0.39 is 0 Å². The van der Waals surface area contributed by atoms with Crippen LogP contribution in [0, 0.1) is 0 Å². The van der Waals surface area contributed by atoms with Crippen LogP contribution >= 0.6 is 0 Å². The number of hydrogen-bond donors (Lipinski definition) is 4. The Kier molecular flexibility index (Phi) is 4.76. The van der Waals surface area contributed by atoms with Crippen molar-refractivity contribution in [3.8, 4) is 22.3 Å². The second-order valence-electron chi connectivity index (χ2n) is 7.75. The summed E-state index contributed by atoms with van der Waals surface area (Å²) in [5, 5.41) is 10.5. The number of nitrogen functional groups attached to an aromatic ring is 1. The fourth-order valence-electron chi connectivity index (χ4n) is 4.23. The largest absolute Gasteiger partial charge is 0.399 e. The number of nitrogens with zero attached hydrogens (tertiary/aromatic N) is 1. The molecule has 0 bridgehead atoms. The molecule has 0 saturated heterocycles. The maximum atomic E-state index is 13.0. The number of nitrogens with two attached hydrogens (primary N) is 2. The monoisotopic (exact) mass is 409 g/mol. The molecule has 0 aliphatic heterocycles. The van der Waals surface area contributed by atoms with Gasteiger partial charge in [0.15, 0.2) is 0 Å². The first-order valence-electron chi connectivity index (χ1n) is 10.3. The van der Waals surface area contributed by atoms with Crippen molar-refractivity contribution in [2.24, 2.45) is 5.73 Å². The summed E-state index contributed by atoms with van der Waals surface area (Å²) in [6.45, 7) is 0.618. The van der Waals surface area contributed by atoms with Gasteiger partial charge in [0.05, 0.1) is 11.6 Å². The highest BCUT2D eigenvalue weighted by molar-refractivity contribution is 6.13. The van der Waals surface area contributed by atoms with Crippen LogP contribution in [0.2, 0.25) is 0 Å². The Morgan fingerprint density at radius 1 is 0.871 bits per heavy atom. The average Bonchev–Trinajstić information content (AvgIpc) is 3.33. The normalized spacial score (nSPS) is 11.4. The standard InChI is InChI=1S/C25H23N5O/c26-9-1-2-17-11-22-23(15-3-6-19(27)7-4-15)14-28-25(31)24(22)21-10-16(5-8-20(17)21)18-12-29-30-13-18/h3-8,10-14H,1-2,9,26-27H2,(H,28,31)(H,29,30). The number of aromatic amines is 2. The van der Waals surface area contributed by atoms with Crippen LogP contribution in [0.4, 0.5) is 5.69 Å². The van der Waals surface area contributed by atoms with Crippen molar-refractivity contribution in [2.45, 2.75) is 12.8 Å². The van der Waals surface area contributed by atoms with Crippen LogP contribution in [0.15, 0.2) is 71.9 Å². The minimum atomic E-state index is -0.103. The van der Waals surface area contributed by atoms with Gasteiger partial charge in [-0.1, -0.05) is 24.3 Å². The van der Waals surface area contributed by atoms with E-state index in [-0.39, 0.29) is 5.56 Å². The third-order valence-electron chi connectivity index (χ3n) is 5.79. The van der Waals surface area contributed by atoms with Gasteiger partial charge in [0.2, 0.25) is 0 Å². The zero-order valence-corrected chi connectivity index (χ0v) is 17.0. The quantitative estimate of drug-likeness (QED) is 0.257. The number of aryl methyl sites for hydroxylation is 1. The number of hydrogen-bond acceptors (Lipinski definition) is 4. The molecule has 6 N–H and O–H groups in total. The molecule has 0 unspecified atom stereocenters. The fourth-order valence-corrected chi connectivity index (χ4v) is 4.23. The van der Waals surface area contributed by atoms with E-state index in [0.29, 0.717) is 17.6 Å². The Balaban J connectivity index is 1.86. The molecule has 2 aromatic heterocycles. The fraction of sp³-hybridized carbons (Fsp3) is 0.120. The summed E-state index contributed by atoms with van der Waals surface area (Å²) < 4.78 is 0. The first kappa shape index (κ1) is 19.1. The van der Waals surface area contributed by atoms with Crippen LogP contribution in [0.5, 0.6) is 0 Å². The molecule has 2 heterocycles. The molecule has 5 rings (SSSR count). The number of anilines is 1. The lowest BCUT2D eigenvalue weighted by Gasteiger charge is -2.14. The average molecular weight is 409 g/mol. The van der Waals surface area contributed by atoms with Gasteiger partial charge >= 0.3 is 0 Å². The third kappa shape index (κ3) is 3.37. The van der Waals surface area contributed by atoms with Crippen molar-refractivity contribution in [2.75, 3.05) is 12.3 Å². The lowest BCUT2D eigenvalue weighted by atomic mass is 9.90. The van der Waals surface area contributed by atoms with Gasteiger partial charge in [0.25, 0.3) is 5.56 Å². The van der Waals surface area contributed by atoms with E-state index in [1.54, 1.807) is 12.4 Å². The summed E-state index contributed by atoms with van der Waals surface area (Å²) in [5.41, 5.74) is 17.4. The SMILES string of the molecule is NCCCc1cc2c(-c3ccc(N)cc3)c[nH]c(=O)c2c2cc(-c3cn[nH]c3)ccc12. The van der Waals surface area contributed by atoms with Crippen molar-refractivity contribution in [1.29, 1.82) is 0 Å². The summed E-state index contributed by atoms with van der Waals surface area (Å²) in [6.07, 6.45) is 7.15. The van der Waals surface area contributed by atoms with Crippen LogP contribution in [-0.4, -0.2) is 21.7 Å². The molecule has 6 heteroatoms. The van der Waals surface area contributed by atoms with E-state index in [9.17, 15) is 4.79 Å². The number of benzene rings is 3. The van der Waals surface area contributed by atoms with E-state index in [1.807, 2.05) is 30.5 Å². The van der Waals surface area contributed by atoms with Crippen molar-refractivity contribution >= 4 is 27.2 Å². The molecule has 0 amide bonds. The number of nitrogens with one attached hydrogen (secondary N) is 2. The van der Waals surface area contributed by atoms with Crippen LogP contribution in [0.25, 0.3) is 43.8 Å². The number of H-pyrrole nitrogens is 2. The summed E-state index contributed by atoms with van der Waals surface area (Å²) >= 11 is 0. The van der Waals surface area contributed by atoms with Gasteiger partial charge in [0, 0.05) is 29.2 Å². The maximum absolute atomic E-state index is 13.0. The van der Waals surface area contributed by atoms with Crippen LogP contribution in [0.1, 0.15) is 12.0 Å². The molecule has 0 fully saturated rings. The first-order valence-corrected chi connectivity index (χ1v) is 10.3. The third-order valence-corrected chi connectivity index (χ3v) is 5.79. The number of pyridine rings is 1. The molecule has 0 atom stereocenters. The Bertz CT molecular complexity index is 1430. The highest BCUT2D eigenvalue weighted by atomic mass is 16.1. The van der Waals surface area contributed by atoms with E-state index in [4.69, 9.17) is 11.5 Å². The molecule has 31 heavy (non-hydrogen) atoms. The molecule has 154 valence electrons. The van der Waals surface area contributed by atoms with Gasteiger partial charge in [-0.15, -0.1) is 0 Å². The zero-order chi connectivity index (χ0) is 21.4. The Morgan fingerprint density at radius 2 is 1.68 bits per heavy atom. The lowest BCUT2D eigenvalue weighted by molar-refractivity contribution is 0.838. The topological polar surface area (TPSA) is 114 Å². The molecule has 6 nitrogen and oxygen atoms in total. The number of fused-ring (bicyclic) bond motifs is 3. The summed E-state index contributed by atoms with van der Waals surface area (Å²) in [5.74, 6) is 0. The molecule has 5 aromatic rings. The Labute approximate surface area is 178 Å². The molecular weight excluding hydrogens is 386 g/mol. The minimum Gasteiger partial charge on any atom is -0.399 e. The van der Waals surface area contributed by atoms with Crippen molar-refractivity contribution in [1.82, 2.24) is 15.2 Å². The number of rotatable bonds is 5. The molecule has 0 aliphatic rings. The predicted octanol–water partition coefficient (Wildman–Crippen LogP) is 4.21. The van der Waals surface area contributed by atoms with Gasteiger partial charge < -0.3 is 16.5 Å².